The Morgan fingerprint density at radius 2 is 1.62 bits per heavy atom. The van der Waals surface area contributed by atoms with Gasteiger partial charge in [0.2, 0.25) is 0 Å². The van der Waals surface area contributed by atoms with E-state index < -0.39 is 0 Å². The van der Waals surface area contributed by atoms with Gasteiger partial charge in [-0.05, 0) is 42.0 Å². The lowest BCUT2D eigenvalue weighted by atomic mass is 9.84. The Balaban J connectivity index is 1.67. The monoisotopic (exact) mass is 279 g/mol. The van der Waals surface area contributed by atoms with Crippen LogP contribution in [0.25, 0.3) is 0 Å². The summed E-state index contributed by atoms with van der Waals surface area (Å²) in [6.07, 6.45) is 10.6. The molecule has 0 unspecified atom stereocenters. The highest BCUT2D eigenvalue weighted by Gasteiger charge is 2.15. The number of nitrogens with zero attached hydrogens (tertiary/aromatic N) is 1. The predicted octanol–water partition coefficient (Wildman–Crippen LogP) is 4.55. The van der Waals surface area contributed by atoms with Crippen molar-refractivity contribution in [3.8, 4) is 0 Å². The normalized spacial score (nSPS) is 15.8. The van der Waals surface area contributed by atoms with Crippen molar-refractivity contribution in [3.05, 3.63) is 65.5 Å². The molecule has 0 saturated heterocycles. The number of aromatic nitrogens is 1. The molecular formula is C19H21NO. The van der Waals surface area contributed by atoms with Crippen molar-refractivity contribution in [2.24, 2.45) is 0 Å². The molecule has 0 aliphatic heterocycles. The predicted molar refractivity (Wildman–Crippen MR) is 84.5 cm³/mol. The molecule has 2 aromatic rings. The minimum atomic E-state index is 0.177. The number of ketones is 1. The standard InChI is InChI=1S/C19H21NO/c21-19(14-15-10-12-20-13-11-15)18-8-6-17(7-9-18)16-4-2-1-3-5-16/h6-13,16H,1-5,14H2. The number of carbonyl (C=O) groups excluding carboxylic acids is 1. The lowest BCUT2D eigenvalue weighted by Gasteiger charge is -2.22. The fraction of sp³-hybridized carbons (Fsp3) is 0.368. The second-order valence-electron chi connectivity index (χ2n) is 5.91. The second kappa shape index (κ2) is 6.66. The largest absolute Gasteiger partial charge is 0.294 e. The highest BCUT2D eigenvalue weighted by molar-refractivity contribution is 5.97. The summed E-state index contributed by atoms with van der Waals surface area (Å²) < 4.78 is 0. The SMILES string of the molecule is O=C(Cc1ccncc1)c1ccc(C2CCCCC2)cc1. The first-order valence-electron chi connectivity index (χ1n) is 7.85. The van der Waals surface area contributed by atoms with Crippen molar-refractivity contribution in [3.63, 3.8) is 0 Å². The summed E-state index contributed by atoms with van der Waals surface area (Å²) in [5, 5.41) is 0. The first kappa shape index (κ1) is 14.0. The van der Waals surface area contributed by atoms with Crippen LogP contribution in [-0.4, -0.2) is 10.8 Å². The first-order chi connectivity index (χ1) is 10.3. The lowest BCUT2D eigenvalue weighted by molar-refractivity contribution is 0.0993. The number of Topliss-reactive ketones (excluding diaryl/α,β-unsaturated/α-hetero) is 1. The minimum Gasteiger partial charge on any atom is -0.294 e. The molecule has 0 spiro atoms. The highest BCUT2D eigenvalue weighted by Crippen LogP contribution is 2.32. The van der Waals surface area contributed by atoms with Gasteiger partial charge in [0, 0.05) is 24.4 Å². The number of rotatable bonds is 4. The van der Waals surface area contributed by atoms with E-state index in [1.54, 1.807) is 12.4 Å². The zero-order chi connectivity index (χ0) is 14.5. The Kier molecular flexibility index (Phi) is 4.44. The smallest absolute Gasteiger partial charge is 0.167 e. The summed E-state index contributed by atoms with van der Waals surface area (Å²) in [7, 11) is 0. The Morgan fingerprint density at radius 3 is 2.29 bits per heavy atom. The van der Waals surface area contributed by atoms with Crippen LogP contribution in [-0.2, 0) is 6.42 Å². The highest BCUT2D eigenvalue weighted by atomic mass is 16.1. The molecule has 1 aromatic carbocycles. The average molecular weight is 279 g/mol. The van der Waals surface area contributed by atoms with Crippen LogP contribution in [0.4, 0.5) is 0 Å². The average Bonchev–Trinajstić information content (AvgIpc) is 2.57. The van der Waals surface area contributed by atoms with Crippen LogP contribution in [0.3, 0.4) is 0 Å². The van der Waals surface area contributed by atoms with Crippen LogP contribution in [0.5, 0.6) is 0 Å². The summed E-state index contributed by atoms with van der Waals surface area (Å²) in [5.41, 5.74) is 3.23. The topological polar surface area (TPSA) is 30.0 Å². The van der Waals surface area contributed by atoms with E-state index in [4.69, 9.17) is 0 Å². The molecule has 1 saturated carbocycles. The van der Waals surface area contributed by atoms with Crippen molar-refractivity contribution in [2.75, 3.05) is 0 Å². The second-order valence-corrected chi connectivity index (χ2v) is 5.91. The van der Waals surface area contributed by atoms with E-state index in [2.05, 4.69) is 17.1 Å². The maximum atomic E-state index is 12.3. The number of benzene rings is 1. The molecule has 0 radical (unpaired) electrons. The maximum Gasteiger partial charge on any atom is 0.167 e. The van der Waals surface area contributed by atoms with Crippen molar-refractivity contribution < 1.29 is 4.79 Å². The van der Waals surface area contributed by atoms with Crippen molar-refractivity contribution in [1.29, 1.82) is 0 Å². The van der Waals surface area contributed by atoms with E-state index in [0.717, 1.165) is 11.1 Å². The molecule has 108 valence electrons. The molecular weight excluding hydrogens is 258 g/mol. The molecule has 1 aliphatic rings. The zero-order valence-electron chi connectivity index (χ0n) is 12.3. The Hall–Kier alpha value is -1.96. The van der Waals surface area contributed by atoms with Gasteiger partial charge in [-0.25, -0.2) is 0 Å². The lowest BCUT2D eigenvalue weighted by Crippen LogP contribution is -2.06. The summed E-state index contributed by atoms with van der Waals surface area (Å²) >= 11 is 0. The van der Waals surface area contributed by atoms with E-state index in [0.29, 0.717) is 12.3 Å². The fourth-order valence-corrected chi connectivity index (χ4v) is 3.17. The van der Waals surface area contributed by atoms with Gasteiger partial charge in [0.05, 0.1) is 0 Å². The van der Waals surface area contributed by atoms with Gasteiger partial charge in [0.15, 0.2) is 5.78 Å². The van der Waals surface area contributed by atoms with Crippen LogP contribution in [0.1, 0.15) is 59.5 Å². The van der Waals surface area contributed by atoms with Gasteiger partial charge in [-0.2, -0.15) is 0 Å². The quantitative estimate of drug-likeness (QED) is 0.768. The van der Waals surface area contributed by atoms with E-state index in [1.165, 1.54) is 37.7 Å². The van der Waals surface area contributed by atoms with Crippen molar-refractivity contribution in [2.45, 2.75) is 44.4 Å². The van der Waals surface area contributed by atoms with Crippen LogP contribution in [0.15, 0.2) is 48.8 Å². The molecule has 2 nitrogen and oxygen atoms in total. The van der Waals surface area contributed by atoms with E-state index in [1.807, 2.05) is 24.3 Å². The molecule has 1 aromatic heterocycles. The third kappa shape index (κ3) is 3.57. The number of hydrogen-bond acceptors (Lipinski definition) is 2. The van der Waals surface area contributed by atoms with Gasteiger partial charge in [-0.15, -0.1) is 0 Å². The fourth-order valence-electron chi connectivity index (χ4n) is 3.17. The van der Waals surface area contributed by atoms with Gasteiger partial charge in [-0.3, -0.25) is 9.78 Å². The van der Waals surface area contributed by atoms with Gasteiger partial charge < -0.3 is 0 Å². The minimum absolute atomic E-state index is 0.177. The molecule has 21 heavy (non-hydrogen) atoms. The number of hydrogen-bond donors (Lipinski definition) is 0. The van der Waals surface area contributed by atoms with Gasteiger partial charge >= 0.3 is 0 Å². The number of pyridine rings is 1. The third-order valence-corrected chi connectivity index (χ3v) is 4.42. The molecule has 0 bridgehead atoms. The Morgan fingerprint density at radius 1 is 0.952 bits per heavy atom. The molecule has 2 heteroatoms. The maximum absolute atomic E-state index is 12.3. The van der Waals surface area contributed by atoms with Crippen LogP contribution >= 0.6 is 0 Å². The van der Waals surface area contributed by atoms with Gasteiger partial charge in [-0.1, -0.05) is 43.5 Å². The number of carbonyl (C=O) groups is 1. The third-order valence-electron chi connectivity index (χ3n) is 4.42. The van der Waals surface area contributed by atoms with Crippen LogP contribution < -0.4 is 0 Å². The van der Waals surface area contributed by atoms with Crippen molar-refractivity contribution >= 4 is 5.78 Å². The molecule has 1 fully saturated rings. The van der Waals surface area contributed by atoms with E-state index in [9.17, 15) is 4.79 Å². The van der Waals surface area contributed by atoms with Gasteiger partial charge in [0.25, 0.3) is 0 Å². The molecule has 1 heterocycles. The summed E-state index contributed by atoms with van der Waals surface area (Å²) in [4.78, 5) is 16.3. The van der Waals surface area contributed by atoms with Gasteiger partial charge in [0.1, 0.15) is 0 Å². The molecule has 1 aliphatic carbocycles. The van der Waals surface area contributed by atoms with Crippen LogP contribution in [0.2, 0.25) is 0 Å². The Labute approximate surface area is 126 Å². The summed E-state index contributed by atoms with van der Waals surface area (Å²) in [5.74, 6) is 0.875. The molecule has 3 rings (SSSR count). The van der Waals surface area contributed by atoms with Crippen LogP contribution in [0, 0.1) is 0 Å². The van der Waals surface area contributed by atoms with E-state index >= 15 is 0 Å². The van der Waals surface area contributed by atoms with Crippen molar-refractivity contribution in [1.82, 2.24) is 4.98 Å². The Bertz CT molecular complexity index is 583. The molecule has 0 atom stereocenters. The van der Waals surface area contributed by atoms with E-state index in [-0.39, 0.29) is 5.78 Å². The molecule has 0 N–H and O–H groups in total. The summed E-state index contributed by atoms with van der Waals surface area (Å²) in [6, 6.07) is 12.1. The first-order valence-corrected chi connectivity index (χ1v) is 7.85. The molecule has 0 amide bonds. The zero-order valence-corrected chi connectivity index (χ0v) is 12.3. The summed E-state index contributed by atoms with van der Waals surface area (Å²) in [6.45, 7) is 0.